The third-order valence-corrected chi connectivity index (χ3v) is 3.11. The fourth-order valence-corrected chi connectivity index (χ4v) is 2.35. The lowest BCUT2D eigenvalue weighted by Gasteiger charge is -2.29. The summed E-state index contributed by atoms with van der Waals surface area (Å²) in [4.78, 5) is 10.9. The molecule has 1 saturated carbocycles. The Balaban J connectivity index is 2.45. The molecule has 1 amide bonds. The molecule has 15 heavy (non-hydrogen) atoms. The number of nitrogens with two attached hydrogens (primary N) is 1. The molecular formula is C12H20N2O. The molecular weight excluding hydrogens is 188 g/mol. The molecule has 3 N–H and O–H groups in total. The summed E-state index contributed by atoms with van der Waals surface area (Å²) >= 11 is 0. The van der Waals surface area contributed by atoms with Gasteiger partial charge in [0.05, 0.1) is 6.54 Å². The van der Waals surface area contributed by atoms with Crippen LogP contribution in [0.3, 0.4) is 0 Å². The highest BCUT2D eigenvalue weighted by atomic mass is 16.1. The van der Waals surface area contributed by atoms with E-state index in [-0.39, 0.29) is 11.9 Å². The SMILES string of the molecule is C#CCNC(CC(N)=O)C1CCCCC1. The van der Waals surface area contributed by atoms with E-state index in [1.807, 2.05) is 0 Å². The molecule has 1 unspecified atom stereocenters. The van der Waals surface area contributed by atoms with Gasteiger partial charge < -0.3 is 11.1 Å². The van der Waals surface area contributed by atoms with Gasteiger partial charge in [-0.1, -0.05) is 25.2 Å². The summed E-state index contributed by atoms with van der Waals surface area (Å²) in [6, 6.07) is 0.179. The lowest BCUT2D eigenvalue weighted by atomic mass is 9.82. The van der Waals surface area contributed by atoms with Gasteiger partial charge in [-0.2, -0.15) is 0 Å². The van der Waals surface area contributed by atoms with Gasteiger partial charge in [0.1, 0.15) is 0 Å². The molecule has 0 aromatic heterocycles. The van der Waals surface area contributed by atoms with Crippen molar-refractivity contribution in [1.82, 2.24) is 5.32 Å². The number of rotatable bonds is 5. The molecule has 0 aromatic carbocycles. The quantitative estimate of drug-likeness (QED) is 0.663. The topological polar surface area (TPSA) is 55.1 Å². The predicted octanol–water partition coefficient (Wildman–Crippen LogP) is 1.03. The fourth-order valence-electron chi connectivity index (χ4n) is 2.35. The van der Waals surface area contributed by atoms with E-state index in [0.29, 0.717) is 18.9 Å². The standard InChI is InChI=1S/C12H20N2O/c1-2-8-14-11(9-12(13)15)10-6-4-3-5-7-10/h1,10-11,14H,3-9H2,(H2,13,15). The number of hydrogen-bond acceptors (Lipinski definition) is 2. The highest BCUT2D eigenvalue weighted by Crippen LogP contribution is 2.27. The molecule has 0 aromatic rings. The van der Waals surface area contributed by atoms with Crippen molar-refractivity contribution in [3.05, 3.63) is 0 Å². The molecule has 0 heterocycles. The summed E-state index contributed by atoms with van der Waals surface area (Å²) in [6.07, 6.45) is 11.8. The second-order valence-electron chi connectivity index (χ2n) is 4.26. The highest BCUT2D eigenvalue weighted by molar-refractivity contribution is 5.74. The molecule has 1 aliphatic rings. The molecule has 0 spiro atoms. The minimum Gasteiger partial charge on any atom is -0.370 e. The Kier molecular flexibility index (Phi) is 5.20. The summed E-state index contributed by atoms with van der Waals surface area (Å²) in [5, 5.41) is 3.23. The van der Waals surface area contributed by atoms with Crippen LogP contribution >= 0.6 is 0 Å². The molecule has 84 valence electrons. The van der Waals surface area contributed by atoms with E-state index in [1.165, 1.54) is 32.1 Å². The molecule has 1 atom stereocenters. The van der Waals surface area contributed by atoms with E-state index in [1.54, 1.807) is 0 Å². The first-order valence-electron chi connectivity index (χ1n) is 5.69. The van der Waals surface area contributed by atoms with E-state index < -0.39 is 0 Å². The lowest BCUT2D eigenvalue weighted by Crippen LogP contribution is -2.40. The Hall–Kier alpha value is -1.01. The van der Waals surface area contributed by atoms with Crippen molar-refractivity contribution < 1.29 is 4.79 Å². The van der Waals surface area contributed by atoms with Crippen LogP contribution in [0.25, 0.3) is 0 Å². The van der Waals surface area contributed by atoms with E-state index in [4.69, 9.17) is 12.2 Å². The van der Waals surface area contributed by atoms with E-state index >= 15 is 0 Å². The first kappa shape index (κ1) is 12.1. The summed E-state index contributed by atoms with van der Waals surface area (Å²) in [5.74, 6) is 2.88. The number of amides is 1. The van der Waals surface area contributed by atoms with Gasteiger partial charge in [-0.3, -0.25) is 4.79 Å². The molecule has 0 aliphatic heterocycles. The van der Waals surface area contributed by atoms with Gasteiger partial charge in [0.2, 0.25) is 5.91 Å². The first-order valence-corrected chi connectivity index (χ1v) is 5.69. The monoisotopic (exact) mass is 208 g/mol. The number of hydrogen-bond donors (Lipinski definition) is 2. The normalized spacial score (nSPS) is 19.4. The van der Waals surface area contributed by atoms with E-state index in [9.17, 15) is 4.79 Å². The second-order valence-corrected chi connectivity index (χ2v) is 4.26. The van der Waals surface area contributed by atoms with Crippen molar-refractivity contribution in [3.63, 3.8) is 0 Å². The van der Waals surface area contributed by atoms with Gasteiger partial charge in [-0.05, 0) is 18.8 Å². The van der Waals surface area contributed by atoms with Crippen molar-refractivity contribution in [2.45, 2.75) is 44.6 Å². The Morgan fingerprint density at radius 2 is 2.13 bits per heavy atom. The van der Waals surface area contributed by atoms with Crippen LogP contribution in [-0.2, 0) is 4.79 Å². The van der Waals surface area contributed by atoms with E-state index in [2.05, 4.69) is 11.2 Å². The molecule has 1 rings (SSSR count). The van der Waals surface area contributed by atoms with Crippen LogP contribution in [-0.4, -0.2) is 18.5 Å². The fraction of sp³-hybridized carbons (Fsp3) is 0.750. The van der Waals surface area contributed by atoms with Crippen molar-refractivity contribution in [2.24, 2.45) is 11.7 Å². The van der Waals surface area contributed by atoms with Crippen LogP contribution in [0.2, 0.25) is 0 Å². The Morgan fingerprint density at radius 1 is 1.47 bits per heavy atom. The van der Waals surface area contributed by atoms with Crippen LogP contribution in [0, 0.1) is 18.3 Å². The average Bonchev–Trinajstić information content (AvgIpc) is 2.25. The molecule has 0 saturated heterocycles. The highest BCUT2D eigenvalue weighted by Gasteiger charge is 2.24. The number of nitrogens with one attached hydrogen (secondary N) is 1. The predicted molar refractivity (Wildman–Crippen MR) is 61.0 cm³/mol. The number of primary amides is 1. The second kappa shape index (κ2) is 6.47. The molecule has 0 bridgehead atoms. The molecule has 1 aliphatic carbocycles. The Labute approximate surface area is 91.8 Å². The average molecular weight is 208 g/mol. The number of carbonyl (C=O) groups is 1. The third-order valence-electron chi connectivity index (χ3n) is 3.11. The maximum Gasteiger partial charge on any atom is 0.218 e. The first-order chi connectivity index (χ1) is 7.24. The van der Waals surface area contributed by atoms with Crippen LogP contribution in [0.5, 0.6) is 0 Å². The van der Waals surface area contributed by atoms with Gasteiger partial charge >= 0.3 is 0 Å². The van der Waals surface area contributed by atoms with Crippen molar-refractivity contribution >= 4 is 5.91 Å². The van der Waals surface area contributed by atoms with Gasteiger partial charge in [-0.25, -0.2) is 0 Å². The molecule has 1 fully saturated rings. The third kappa shape index (κ3) is 4.35. The maximum atomic E-state index is 10.9. The zero-order valence-corrected chi connectivity index (χ0v) is 9.17. The van der Waals surface area contributed by atoms with Crippen LogP contribution in [0.1, 0.15) is 38.5 Å². The van der Waals surface area contributed by atoms with Crippen molar-refractivity contribution in [2.75, 3.05) is 6.54 Å². The molecule has 0 radical (unpaired) electrons. The van der Waals surface area contributed by atoms with Crippen molar-refractivity contribution in [3.8, 4) is 12.3 Å². The zero-order chi connectivity index (χ0) is 11.1. The van der Waals surface area contributed by atoms with Crippen LogP contribution in [0.4, 0.5) is 0 Å². The minimum absolute atomic E-state index is 0.179. The summed E-state index contributed by atoms with van der Waals surface area (Å²) in [5.41, 5.74) is 5.24. The number of carbonyl (C=O) groups excluding carboxylic acids is 1. The Bertz CT molecular complexity index is 238. The van der Waals surface area contributed by atoms with Gasteiger partial charge in [0.15, 0.2) is 0 Å². The van der Waals surface area contributed by atoms with Gasteiger partial charge in [-0.15, -0.1) is 6.42 Å². The van der Waals surface area contributed by atoms with Crippen LogP contribution in [0.15, 0.2) is 0 Å². The largest absolute Gasteiger partial charge is 0.370 e. The van der Waals surface area contributed by atoms with Crippen LogP contribution < -0.4 is 11.1 Å². The zero-order valence-electron chi connectivity index (χ0n) is 9.17. The van der Waals surface area contributed by atoms with Gasteiger partial charge in [0.25, 0.3) is 0 Å². The maximum absolute atomic E-state index is 10.9. The molecule has 3 nitrogen and oxygen atoms in total. The molecule has 3 heteroatoms. The number of terminal acetylenes is 1. The summed E-state index contributed by atoms with van der Waals surface area (Å²) in [7, 11) is 0. The van der Waals surface area contributed by atoms with Gasteiger partial charge in [0, 0.05) is 12.5 Å². The van der Waals surface area contributed by atoms with E-state index in [0.717, 1.165) is 0 Å². The minimum atomic E-state index is -0.241. The van der Waals surface area contributed by atoms with Crippen molar-refractivity contribution in [1.29, 1.82) is 0 Å². The Morgan fingerprint density at radius 3 is 2.67 bits per heavy atom. The lowest BCUT2D eigenvalue weighted by molar-refractivity contribution is -0.118. The summed E-state index contributed by atoms with van der Waals surface area (Å²) in [6.45, 7) is 0.522. The smallest absolute Gasteiger partial charge is 0.218 e. The summed E-state index contributed by atoms with van der Waals surface area (Å²) < 4.78 is 0.